The molecule has 2 aromatic carbocycles. The Labute approximate surface area is 170 Å². The van der Waals surface area contributed by atoms with Crippen molar-refractivity contribution in [3.05, 3.63) is 66.2 Å². The van der Waals surface area contributed by atoms with Crippen molar-refractivity contribution in [2.24, 2.45) is 5.92 Å². The van der Waals surface area contributed by atoms with Gasteiger partial charge in [-0.2, -0.15) is 0 Å². The van der Waals surface area contributed by atoms with E-state index >= 15 is 0 Å². The molecule has 0 aromatic heterocycles. The highest BCUT2D eigenvalue weighted by atomic mass is 16.8. The van der Waals surface area contributed by atoms with Crippen LogP contribution in [0.1, 0.15) is 25.5 Å². The number of hydrogen-bond acceptors (Lipinski definition) is 6. The van der Waals surface area contributed by atoms with E-state index < -0.39 is 12.1 Å². The van der Waals surface area contributed by atoms with Crippen LogP contribution in [0.5, 0.6) is 0 Å². The maximum absolute atomic E-state index is 6.54. The highest BCUT2D eigenvalue weighted by molar-refractivity contribution is 5.47. The third kappa shape index (κ3) is 2.82. The number of hydroxylamine groups is 1. The van der Waals surface area contributed by atoms with Crippen molar-refractivity contribution in [1.82, 2.24) is 0 Å². The van der Waals surface area contributed by atoms with Gasteiger partial charge in [-0.25, -0.2) is 5.06 Å². The van der Waals surface area contributed by atoms with Gasteiger partial charge in [0.25, 0.3) is 0 Å². The van der Waals surface area contributed by atoms with Crippen LogP contribution in [0.25, 0.3) is 0 Å². The fourth-order valence-corrected chi connectivity index (χ4v) is 5.14. The van der Waals surface area contributed by atoms with Crippen molar-refractivity contribution in [1.29, 1.82) is 0 Å². The van der Waals surface area contributed by atoms with E-state index in [4.69, 9.17) is 23.8 Å². The molecule has 4 saturated heterocycles. The SMILES string of the molecule is CC1(C)O[C@H]2O[C@H]3[C@H](OC[C@H]4[C@@H]3N(c3ccccc3)O[C@@H]4c3ccccc3)[C@H]2O1. The van der Waals surface area contributed by atoms with E-state index in [0.717, 1.165) is 11.3 Å². The maximum atomic E-state index is 6.54. The van der Waals surface area contributed by atoms with Gasteiger partial charge in [-0.15, -0.1) is 0 Å². The van der Waals surface area contributed by atoms with Gasteiger partial charge < -0.3 is 18.9 Å². The van der Waals surface area contributed by atoms with Crippen LogP contribution in [0.3, 0.4) is 0 Å². The Bertz CT molecular complexity index is 875. The van der Waals surface area contributed by atoms with E-state index in [-0.39, 0.29) is 36.4 Å². The molecule has 6 heteroatoms. The van der Waals surface area contributed by atoms with Gasteiger partial charge >= 0.3 is 0 Å². The predicted octanol–water partition coefficient (Wildman–Crippen LogP) is 3.44. The summed E-state index contributed by atoms with van der Waals surface area (Å²) >= 11 is 0. The van der Waals surface area contributed by atoms with Crippen molar-refractivity contribution in [2.45, 2.75) is 56.4 Å². The number of rotatable bonds is 2. The smallest absolute Gasteiger partial charge is 0.190 e. The second-order valence-corrected chi connectivity index (χ2v) is 8.62. The van der Waals surface area contributed by atoms with Gasteiger partial charge in [0.2, 0.25) is 0 Å². The first-order valence-electron chi connectivity index (χ1n) is 10.3. The first kappa shape index (κ1) is 17.9. The van der Waals surface area contributed by atoms with Crippen LogP contribution < -0.4 is 5.06 Å². The molecule has 6 rings (SSSR count). The average molecular weight is 395 g/mol. The normalized spacial score (nSPS) is 39.8. The second-order valence-electron chi connectivity index (χ2n) is 8.62. The number of nitrogens with zero attached hydrogens (tertiary/aromatic N) is 1. The summed E-state index contributed by atoms with van der Waals surface area (Å²) in [5.41, 5.74) is 2.17. The number of para-hydroxylation sites is 1. The van der Waals surface area contributed by atoms with Gasteiger partial charge in [-0.3, -0.25) is 4.84 Å². The van der Waals surface area contributed by atoms with Gasteiger partial charge in [-0.05, 0) is 31.5 Å². The van der Waals surface area contributed by atoms with Crippen molar-refractivity contribution < 1.29 is 23.8 Å². The largest absolute Gasteiger partial charge is 0.372 e. The molecule has 4 heterocycles. The molecule has 0 N–H and O–H groups in total. The molecule has 4 aliphatic heterocycles. The second kappa shape index (κ2) is 6.52. The van der Waals surface area contributed by atoms with Gasteiger partial charge in [0, 0.05) is 5.92 Å². The monoisotopic (exact) mass is 395 g/mol. The van der Waals surface area contributed by atoms with Crippen molar-refractivity contribution in [3.63, 3.8) is 0 Å². The summed E-state index contributed by atoms with van der Waals surface area (Å²) < 4.78 is 24.8. The Balaban J connectivity index is 1.36. The lowest BCUT2D eigenvalue weighted by Gasteiger charge is -2.39. The molecule has 29 heavy (non-hydrogen) atoms. The quantitative estimate of drug-likeness (QED) is 0.777. The number of fused-ring (bicyclic) bond motifs is 5. The lowest BCUT2D eigenvalue weighted by Crippen LogP contribution is -2.55. The lowest BCUT2D eigenvalue weighted by molar-refractivity contribution is -0.230. The van der Waals surface area contributed by atoms with Crippen LogP contribution in [0.4, 0.5) is 5.69 Å². The standard InChI is InChI=1S/C23H25NO5/c1-23(2)27-21-20-19(26-22(21)28-23)17-16(13-25-20)18(14-9-5-3-6-10-14)29-24(17)15-11-7-4-8-12-15/h3-12,16-22H,13H2,1-2H3/t16-,17-,18+,19+,20-,21+,22+/m0/s1. The molecule has 0 radical (unpaired) electrons. The molecule has 7 atom stereocenters. The summed E-state index contributed by atoms with van der Waals surface area (Å²) in [5.74, 6) is -0.510. The summed E-state index contributed by atoms with van der Waals surface area (Å²) in [6.45, 7) is 4.41. The van der Waals surface area contributed by atoms with Gasteiger partial charge in [0.15, 0.2) is 12.1 Å². The molecule has 0 aliphatic carbocycles. The van der Waals surface area contributed by atoms with Crippen LogP contribution in [-0.4, -0.2) is 43.0 Å². The molecular weight excluding hydrogens is 370 g/mol. The molecule has 0 unspecified atom stereocenters. The first-order valence-corrected chi connectivity index (χ1v) is 10.3. The minimum Gasteiger partial charge on any atom is -0.372 e. The van der Waals surface area contributed by atoms with E-state index in [1.807, 2.05) is 55.3 Å². The topological polar surface area (TPSA) is 49.4 Å². The highest BCUT2D eigenvalue weighted by Gasteiger charge is 2.64. The molecule has 0 spiro atoms. The number of hydrogen-bond donors (Lipinski definition) is 0. The van der Waals surface area contributed by atoms with E-state index in [0.29, 0.717) is 6.61 Å². The molecule has 0 amide bonds. The van der Waals surface area contributed by atoms with Crippen molar-refractivity contribution >= 4 is 5.69 Å². The Kier molecular flexibility index (Phi) is 4.02. The van der Waals surface area contributed by atoms with Gasteiger partial charge in [0.05, 0.1) is 18.3 Å². The first-order chi connectivity index (χ1) is 14.1. The third-order valence-electron chi connectivity index (χ3n) is 6.31. The lowest BCUT2D eigenvalue weighted by atomic mass is 9.84. The summed E-state index contributed by atoms with van der Waals surface area (Å²) in [5, 5.41) is 2.02. The summed E-state index contributed by atoms with van der Waals surface area (Å²) in [6.07, 6.45) is -1.08. The molecule has 4 aliphatic rings. The number of anilines is 1. The number of ether oxygens (including phenoxy) is 4. The Morgan fingerprint density at radius 1 is 0.862 bits per heavy atom. The Hall–Kier alpha value is -1.96. The molecule has 4 fully saturated rings. The molecule has 152 valence electrons. The maximum Gasteiger partial charge on any atom is 0.190 e. The number of benzene rings is 2. The van der Waals surface area contributed by atoms with E-state index in [1.165, 1.54) is 0 Å². The predicted molar refractivity (Wildman–Crippen MR) is 105 cm³/mol. The minimum absolute atomic E-state index is 0.0160. The summed E-state index contributed by atoms with van der Waals surface area (Å²) in [4.78, 5) is 6.54. The molecular formula is C23H25NO5. The van der Waals surface area contributed by atoms with E-state index in [1.54, 1.807) is 0 Å². The fraction of sp³-hybridized carbons (Fsp3) is 0.478. The summed E-state index contributed by atoms with van der Waals surface area (Å²) in [7, 11) is 0. The Morgan fingerprint density at radius 2 is 1.59 bits per heavy atom. The van der Waals surface area contributed by atoms with Crippen LogP contribution in [0, 0.1) is 5.92 Å². The summed E-state index contributed by atoms with van der Waals surface area (Å²) in [6, 6.07) is 20.6. The zero-order chi connectivity index (χ0) is 19.6. The molecule has 0 bridgehead atoms. The molecule has 2 aromatic rings. The highest BCUT2D eigenvalue weighted by Crippen LogP contribution is 2.50. The molecule has 0 saturated carbocycles. The van der Waals surface area contributed by atoms with Crippen LogP contribution in [0.2, 0.25) is 0 Å². The van der Waals surface area contributed by atoms with E-state index in [2.05, 4.69) is 24.3 Å². The van der Waals surface area contributed by atoms with E-state index in [9.17, 15) is 0 Å². The minimum atomic E-state index is -0.654. The van der Waals surface area contributed by atoms with Gasteiger partial charge in [0.1, 0.15) is 24.4 Å². The zero-order valence-corrected chi connectivity index (χ0v) is 16.5. The molecule has 6 nitrogen and oxygen atoms in total. The fourth-order valence-electron chi connectivity index (χ4n) is 5.14. The Morgan fingerprint density at radius 3 is 2.34 bits per heavy atom. The van der Waals surface area contributed by atoms with Gasteiger partial charge in [-0.1, -0.05) is 48.5 Å². The van der Waals surface area contributed by atoms with Crippen molar-refractivity contribution in [3.8, 4) is 0 Å². The third-order valence-corrected chi connectivity index (χ3v) is 6.31. The van der Waals surface area contributed by atoms with Crippen LogP contribution >= 0.6 is 0 Å². The average Bonchev–Trinajstić information content (AvgIpc) is 3.36. The van der Waals surface area contributed by atoms with Crippen LogP contribution in [0.15, 0.2) is 60.7 Å². The van der Waals surface area contributed by atoms with Crippen LogP contribution in [-0.2, 0) is 23.8 Å². The van der Waals surface area contributed by atoms with Crippen molar-refractivity contribution in [2.75, 3.05) is 11.7 Å². The zero-order valence-electron chi connectivity index (χ0n) is 16.5.